The molecule has 0 heterocycles. The smallest absolute Gasteiger partial charge is 0.0593 e. The maximum atomic E-state index is 5.87. The molecule has 2 N–H and O–H groups in total. The first kappa shape index (κ1) is 13.3. The Morgan fingerprint density at radius 2 is 2.06 bits per heavy atom. The third-order valence-corrected chi connectivity index (χ3v) is 4.54. The zero-order valence-electron chi connectivity index (χ0n) is 11.3. The number of rotatable bonds is 9. The summed E-state index contributed by atoms with van der Waals surface area (Å²) in [5.41, 5.74) is 6.36. The number of hydrogen-bond donors (Lipinski definition) is 1. The summed E-state index contributed by atoms with van der Waals surface area (Å²) in [5.74, 6) is 0.885. The molecule has 0 aromatic carbocycles. The van der Waals surface area contributed by atoms with Gasteiger partial charge in [-0.1, -0.05) is 6.42 Å². The lowest BCUT2D eigenvalue weighted by Crippen LogP contribution is -2.40. The largest absolute Gasteiger partial charge is 0.380 e. The van der Waals surface area contributed by atoms with Gasteiger partial charge in [0.15, 0.2) is 0 Å². The molecular weight excluding hydrogens is 212 g/mol. The Hall–Kier alpha value is -0.120. The monoisotopic (exact) mass is 240 g/mol. The highest BCUT2D eigenvalue weighted by Gasteiger charge is 2.35. The van der Waals surface area contributed by atoms with E-state index in [1.54, 1.807) is 0 Å². The molecule has 2 saturated carbocycles. The van der Waals surface area contributed by atoms with Crippen LogP contribution in [0.25, 0.3) is 0 Å². The predicted octanol–water partition coefficient (Wildman–Crippen LogP) is 1.86. The Labute approximate surface area is 106 Å². The molecule has 100 valence electrons. The molecule has 2 rings (SSSR count). The van der Waals surface area contributed by atoms with E-state index in [0.29, 0.717) is 5.41 Å². The van der Waals surface area contributed by atoms with Crippen molar-refractivity contribution in [2.45, 2.75) is 38.5 Å². The highest BCUT2D eigenvalue weighted by atomic mass is 16.5. The van der Waals surface area contributed by atoms with Crippen LogP contribution in [-0.2, 0) is 4.74 Å². The van der Waals surface area contributed by atoms with Gasteiger partial charge < -0.3 is 15.4 Å². The van der Waals surface area contributed by atoms with Gasteiger partial charge >= 0.3 is 0 Å². The van der Waals surface area contributed by atoms with Crippen LogP contribution in [0.2, 0.25) is 0 Å². The van der Waals surface area contributed by atoms with Crippen molar-refractivity contribution in [3.63, 3.8) is 0 Å². The van der Waals surface area contributed by atoms with Gasteiger partial charge in [0.25, 0.3) is 0 Å². The average molecular weight is 240 g/mol. The van der Waals surface area contributed by atoms with Crippen molar-refractivity contribution in [3.8, 4) is 0 Å². The zero-order valence-corrected chi connectivity index (χ0v) is 11.3. The number of ether oxygens (including phenoxy) is 1. The van der Waals surface area contributed by atoms with Crippen LogP contribution >= 0.6 is 0 Å². The van der Waals surface area contributed by atoms with E-state index in [9.17, 15) is 0 Å². The Morgan fingerprint density at radius 1 is 1.29 bits per heavy atom. The zero-order chi connectivity index (χ0) is 12.1. The molecular formula is C14H28N2O. The highest BCUT2D eigenvalue weighted by Crippen LogP contribution is 2.42. The van der Waals surface area contributed by atoms with Crippen LogP contribution in [0.3, 0.4) is 0 Å². The lowest BCUT2D eigenvalue weighted by molar-refractivity contribution is 0.0833. The fourth-order valence-electron chi connectivity index (χ4n) is 2.53. The van der Waals surface area contributed by atoms with Crippen LogP contribution in [-0.4, -0.2) is 44.8 Å². The van der Waals surface area contributed by atoms with Crippen molar-refractivity contribution >= 4 is 0 Å². The fraction of sp³-hybridized carbons (Fsp3) is 1.00. The molecule has 0 unspecified atom stereocenters. The van der Waals surface area contributed by atoms with Gasteiger partial charge in [0.2, 0.25) is 0 Å². The van der Waals surface area contributed by atoms with Crippen molar-refractivity contribution in [1.82, 2.24) is 4.90 Å². The van der Waals surface area contributed by atoms with Crippen LogP contribution in [0, 0.1) is 11.3 Å². The van der Waals surface area contributed by atoms with Gasteiger partial charge in [-0.3, -0.25) is 0 Å². The molecule has 0 radical (unpaired) electrons. The van der Waals surface area contributed by atoms with E-state index in [1.165, 1.54) is 45.1 Å². The molecule has 0 aliphatic heterocycles. The van der Waals surface area contributed by atoms with Crippen LogP contribution in [0.1, 0.15) is 38.5 Å². The summed E-state index contributed by atoms with van der Waals surface area (Å²) in [5, 5.41) is 0. The Kier molecular flexibility index (Phi) is 4.83. The standard InChI is InChI=1S/C14H28N2O/c1-16(9-10-17-11-13-3-4-13)8-7-14(12-15)5-2-6-14/h13H,2-12,15H2,1H3. The number of nitrogens with zero attached hydrogens (tertiary/aromatic N) is 1. The molecule has 0 saturated heterocycles. The predicted molar refractivity (Wildman–Crippen MR) is 71.0 cm³/mol. The van der Waals surface area contributed by atoms with Crippen molar-refractivity contribution in [2.75, 3.05) is 39.9 Å². The lowest BCUT2D eigenvalue weighted by Gasteiger charge is -2.42. The van der Waals surface area contributed by atoms with Crippen LogP contribution in [0.15, 0.2) is 0 Å². The molecule has 0 amide bonds. The Balaban J connectivity index is 1.49. The van der Waals surface area contributed by atoms with Gasteiger partial charge in [0.05, 0.1) is 6.61 Å². The lowest BCUT2D eigenvalue weighted by atomic mass is 9.67. The summed E-state index contributed by atoms with van der Waals surface area (Å²) >= 11 is 0. The molecule has 0 spiro atoms. The Morgan fingerprint density at radius 3 is 2.59 bits per heavy atom. The van der Waals surface area contributed by atoms with E-state index in [1.807, 2.05) is 0 Å². The normalized spacial score (nSPS) is 22.8. The maximum absolute atomic E-state index is 5.87. The van der Waals surface area contributed by atoms with Gasteiger partial charge in [-0.05, 0) is 63.6 Å². The first-order chi connectivity index (χ1) is 8.24. The average Bonchev–Trinajstić information content (AvgIpc) is 3.07. The second-order valence-electron chi connectivity index (χ2n) is 6.13. The summed E-state index contributed by atoms with van der Waals surface area (Å²) < 4.78 is 5.66. The second kappa shape index (κ2) is 6.17. The van der Waals surface area contributed by atoms with Crippen LogP contribution in [0.4, 0.5) is 0 Å². The summed E-state index contributed by atoms with van der Waals surface area (Å²) in [6.45, 7) is 4.99. The van der Waals surface area contributed by atoms with Crippen LogP contribution in [0.5, 0.6) is 0 Å². The quantitative estimate of drug-likeness (QED) is 0.625. The van der Waals surface area contributed by atoms with Gasteiger partial charge in [-0.2, -0.15) is 0 Å². The first-order valence-corrected chi connectivity index (χ1v) is 7.20. The molecule has 0 atom stereocenters. The fourth-order valence-corrected chi connectivity index (χ4v) is 2.53. The summed E-state index contributed by atoms with van der Waals surface area (Å²) in [6, 6.07) is 0. The van der Waals surface area contributed by atoms with E-state index >= 15 is 0 Å². The minimum absolute atomic E-state index is 0.489. The van der Waals surface area contributed by atoms with E-state index in [0.717, 1.165) is 32.2 Å². The third-order valence-electron chi connectivity index (χ3n) is 4.54. The number of hydrogen-bond acceptors (Lipinski definition) is 3. The topological polar surface area (TPSA) is 38.5 Å². The molecule has 3 heteroatoms. The second-order valence-corrected chi connectivity index (χ2v) is 6.13. The van der Waals surface area contributed by atoms with Crippen molar-refractivity contribution < 1.29 is 4.74 Å². The maximum Gasteiger partial charge on any atom is 0.0593 e. The minimum Gasteiger partial charge on any atom is -0.380 e. The molecule has 0 aromatic rings. The molecule has 2 aliphatic rings. The Bertz CT molecular complexity index is 219. The molecule has 17 heavy (non-hydrogen) atoms. The van der Waals surface area contributed by atoms with Gasteiger partial charge in [-0.25, -0.2) is 0 Å². The molecule has 0 aromatic heterocycles. The highest BCUT2D eigenvalue weighted by molar-refractivity contribution is 4.88. The van der Waals surface area contributed by atoms with Crippen molar-refractivity contribution in [3.05, 3.63) is 0 Å². The molecule has 2 aliphatic carbocycles. The minimum atomic E-state index is 0.489. The molecule has 3 nitrogen and oxygen atoms in total. The van der Waals surface area contributed by atoms with Crippen LogP contribution < -0.4 is 5.73 Å². The summed E-state index contributed by atoms with van der Waals surface area (Å²) in [4.78, 5) is 2.39. The van der Waals surface area contributed by atoms with E-state index in [-0.39, 0.29) is 0 Å². The molecule has 2 fully saturated rings. The third kappa shape index (κ3) is 4.23. The SMILES string of the molecule is CN(CCOCC1CC1)CCC1(CN)CCC1. The van der Waals surface area contributed by atoms with Crippen molar-refractivity contribution in [1.29, 1.82) is 0 Å². The van der Waals surface area contributed by atoms with E-state index in [4.69, 9.17) is 10.5 Å². The summed E-state index contributed by atoms with van der Waals surface area (Å²) in [7, 11) is 2.20. The molecule has 0 bridgehead atoms. The number of likely N-dealkylation sites (N-methyl/N-ethyl adjacent to an activating group) is 1. The van der Waals surface area contributed by atoms with E-state index in [2.05, 4.69) is 11.9 Å². The van der Waals surface area contributed by atoms with Gasteiger partial charge in [0.1, 0.15) is 0 Å². The number of nitrogens with two attached hydrogens (primary N) is 1. The van der Waals surface area contributed by atoms with Crippen molar-refractivity contribution in [2.24, 2.45) is 17.1 Å². The first-order valence-electron chi connectivity index (χ1n) is 7.20. The van der Waals surface area contributed by atoms with E-state index < -0.39 is 0 Å². The summed E-state index contributed by atoms with van der Waals surface area (Å²) in [6.07, 6.45) is 8.10. The van der Waals surface area contributed by atoms with Gasteiger partial charge in [0, 0.05) is 13.2 Å². The van der Waals surface area contributed by atoms with Gasteiger partial charge in [-0.15, -0.1) is 0 Å².